The van der Waals surface area contributed by atoms with E-state index in [1.807, 2.05) is 0 Å². The largest absolute Gasteiger partial charge is 0.357 e. The molecule has 116 valence electrons. The zero-order chi connectivity index (χ0) is 14.4. The van der Waals surface area contributed by atoms with Gasteiger partial charge in [-0.3, -0.25) is 4.99 Å². The summed E-state index contributed by atoms with van der Waals surface area (Å²) in [6.07, 6.45) is 5.27. The molecule has 4 nitrogen and oxygen atoms in total. The third kappa shape index (κ3) is 4.55. The Morgan fingerprint density at radius 2 is 2.25 bits per heavy atom. The zero-order valence-corrected chi connectivity index (χ0v) is 14.1. The highest BCUT2D eigenvalue weighted by Gasteiger charge is 2.29. The van der Waals surface area contributed by atoms with Gasteiger partial charge in [0.15, 0.2) is 5.96 Å². The van der Waals surface area contributed by atoms with Gasteiger partial charge in [-0.05, 0) is 58.9 Å². The van der Waals surface area contributed by atoms with Crippen molar-refractivity contribution in [2.45, 2.75) is 50.3 Å². The summed E-state index contributed by atoms with van der Waals surface area (Å²) in [6.45, 7) is 8.57. The Labute approximate surface area is 128 Å². The van der Waals surface area contributed by atoms with E-state index in [1.54, 1.807) is 0 Å². The number of nitrogens with one attached hydrogen (secondary N) is 2. The van der Waals surface area contributed by atoms with Crippen LogP contribution in [0.4, 0.5) is 0 Å². The summed E-state index contributed by atoms with van der Waals surface area (Å²) in [4.78, 5) is 7.26. The van der Waals surface area contributed by atoms with Crippen molar-refractivity contribution in [3.8, 4) is 0 Å². The van der Waals surface area contributed by atoms with Crippen LogP contribution in [0, 0.1) is 0 Å². The molecule has 0 saturated carbocycles. The van der Waals surface area contributed by atoms with Crippen molar-refractivity contribution in [2.75, 3.05) is 39.0 Å². The van der Waals surface area contributed by atoms with Gasteiger partial charge in [-0.1, -0.05) is 0 Å². The molecule has 0 spiro atoms. The Balaban J connectivity index is 1.82. The van der Waals surface area contributed by atoms with Crippen LogP contribution in [0.2, 0.25) is 0 Å². The van der Waals surface area contributed by atoms with Crippen LogP contribution in [0.3, 0.4) is 0 Å². The number of nitrogens with zero attached hydrogens (tertiary/aromatic N) is 2. The van der Waals surface area contributed by atoms with Gasteiger partial charge < -0.3 is 15.5 Å². The van der Waals surface area contributed by atoms with Crippen molar-refractivity contribution in [1.82, 2.24) is 15.5 Å². The van der Waals surface area contributed by atoms with Crippen LogP contribution in [-0.2, 0) is 0 Å². The number of thioether (sulfide) groups is 1. The normalized spacial score (nSPS) is 31.8. The monoisotopic (exact) mass is 298 g/mol. The maximum absolute atomic E-state index is 4.81. The van der Waals surface area contributed by atoms with Crippen LogP contribution >= 0.6 is 11.8 Å². The van der Waals surface area contributed by atoms with Gasteiger partial charge in [0.2, 0.25) is 0 Å². The number of likely N-dealkylation sites (tertiary alicyclic amines) is 1. The van der Waals surface area contributed by atoms with Crippen LogP contribution in [0.5, 0.6) is 0 Å². The SMILES string of the molecule is CCNC(=NCC1(C)CCCS1)NCC1CCCN1C. The van der Waals surface area contributed by atoms with Crippen LogP contribution in [-0.4, -0.2) is 60.6 Å². The van der Waals surface area contributed by atoms with E-state index in [9.17, 15) is 0 Å². The zero-order valence-electron chi connectivity index (χ0n) is 13.2. The van der Waals surface area contributed by atoms with Gasteiger partial charge in [0, 0.05) is 23.9 Å². The highest BCUT2D eigenvalue weighted by Crippen LogP contribution is 2.37. The Morgan fingerprint density at radius 1 is 1.40 bits per heavy atom. The van der Waals surface area contributed by atoms with Gasteiger partial charge >= 0.3 is 0 Å². The van der Waals surface area contributed by atoms with E-state index in [0.717, 1.165) is 25.6 Å². The van der Waals surface area contributed by atoms with Gasteiger partial charge in [0.05, 0.1) is 6.54 Å². The maximum atomic E-state index is 4.81. The van der Waals surface area contributed by atoms with Gasteiger partial charge in [0.1, 0.15) is 0 Å². The molecule has 20 heavy (non-hydrogen) atoms. The molecule has 2 atom stereocenters. The molecule has 2 aliphatic heterocycles. The first-order chi connectivity index (χ1) is 9.63. The van der Waals surface area contributed by atoms with E-state index in [1.165, 1.54) is 38.0 Å². The van der Waals surface area contributed by atoms with E-state index >= 15 is 0 Å². The first kappa shape index (κ1) is 16.0. The summed E-state index contributed by atoms with van der Waals surface area (Å²) in [5.41, 5.74) is 0. The van der Waals surface area contributed by atoms with Crippen molar-refractivity contribution in [3.63, 3.8) is 0 Å². The smallest absolute Gasteiger partial charge is 0.191 e. The number of aliphatic imine (C=N–C) groups is 1. The van der Waals surface area contributed by atoms with Crippen LogP contribution in [0.15, 0.2) is 4.99 Å². The Morgan fingerprint density at radius 3 is 2.85 bits per heavy atom. The van der Waals surface area contributed by atoms with Crippen molar-refractivity contribution in [1.29, 1.82) is 0 Å². The lowest BCUT2D eigenvalue weighted by atomic mass is 10.1. The van der Waals surface area contributed by atoms with Gasteiger partial charge in [-0.25, -0.2) is 0 Å². The molecule has 2 saturated heterocycles. The van der Waals surface area contributed by atoms with Gasteiger partial charge in [-0.2, -0.15) is 11.8 Å². The van der Waals surface area contributed by atoms with Crippen LogP contribution in [0.1, 0.15) is 39.5 Å². The third-order valence-electron chi connectivity index (χ3n) is 4.39. The fourth-order valence-electron chi connectivity index (χ4n) is 3.00. The second-order valence-corrected chi connectivity index (χ2v) is 7.94. The first-order valence-corrected chi connectivity index (χ1v) is 8.98. The lowest BCUT2D eigenvalue weighted by Crippen LogP contribution is -2.44. The molecule has 5 heteroatoms. The molecule has 2 heterocycles. The Kier molecular flexibility index (Phi) is 6.02. The second kappa shape index (κ2) is 7.55. The fraction of sp³-hybridized carbons (Fsp3) is 0.933. The van der Waals surface area contributed by atoms with Gasteiger partial charge in [0.25, 0.3) is 0 Å². The highest BCUT2D eigenvalue weighted by molar-refractivity contribution is 8.00. The van der Waals surface area contributed by atoms with Crippen LogP contribution in [0.25, 0.3) is 0 Å². The van der Waals surface area contributed by atoms with Crippen molar-refractivity contribution in [2.24, 2.45) is 4.99 Å². The molecule has 0 radical (unpaired) electrons. The van der Waals surface area contributed by atoms with E-state index in [4.69, 9.17) is 4.99 Å². The number of hydrogen-bond donors (Lipinski definition) is 2. The molecule has 0 aromatic heterocycles. The summed E-state index contributed by atoms with van der Waals surface area (Å²) in [5.74, 6) is 2.28. The van der Waals surface area contributed by atoms with Crippen LogP contribution < -0.4 is 10.6 Å². The van der Waals surface area contributed by atoms with Crippen molar-refractivity contribution in [3.05, 3.63) is 0 Å². The standard InChI is InChI=1S/C15H30N4S/c1-4-16-14(17-11-13-7-5-9-19(13)3)18-12-15(2)8-6-10-20-15/h13H,4-12H2,1-3H3,(H2,16,17,18). The molecule has 0 aromatic rings. The molecular weight excluding hydrogens is 268 g/mol. The molecule has 2 unspecified atom stereocenters. The topological polar surface area (TPSA) is 39.7 Å². The molecule has 2 aliphatic rings. The lowest BCUT2D eigenvalue weighted by molar-refractivity contribution is 0.309. The number of hydrogen-bond acceptors (Lipinski definition) is 3. The number of guanidine groups is 1. The third-order valence-corrected chi connectivity index (χ3v) is 5.92. The Hall–Kier alpha value is -0.420. The summed E-state index contributed by atoms with van der Waals surface area (Å²) < 4.78 is 0.354. The first-order valence-electron chi connectivity index (χ1n) is 7.99. The molecule has 0 aliphatic carbocycles. The molecule has 2 rings (SSSR count). The highest BCUT2D eigenvalue weighted by atomic mass is 32.2. The van der Waals surface area contributed by atoms with E-state index in [-0.39, 0.29) is 0 Å². The minimum Gasteiger partial charge on any atom is -0.357 e. The molecule has 0 amide bonds. The fourth-order valence-corrected chi connectivity index (χ4v) is 4.23. The summed E-state index contributed by atoms with van der Waals surface area (Å²) >= 11 is 2.08. The predicted molar refractivity (Wildman–Crippen MR) is 89.7 cm³/mol. The average molecular weight is 298 g/mol. The molecule has 0 bridgehead atoms. The van der Waals surface area contributed by atoms with E-state index in [0.29, 0.717) is 10.8 Å². The molecular formula is C15H30N4S. The van der Waals surface area contributed by atoms with Crippen molar-refractivity contribution >= 4 is 17.7 Å². The van der Waals surface area contributed by atoms with Gasteiger partial charge in [-0.15, -0.1) is 0 Å². The predicted octanol–water partition coefficient (Wildman–Crippen LogP) is 1.92. The number of rotatable bonds is 5. The van der Waals surface area contributed by atoms with E-state index < -0.39 is 0 Å². The Bertz CT molecular complexity index is 326. The molecule has 2 fully saturated rings. The summed E-state index contributed by atoms with van der Waals surface area (Å²) in [5, 5.41) is 6.90. The maximum Gasteiger partial charge on any atom is 0.191 e. The minimum absolute atomic E-state index is 0.354. The summed E-state index contributed by atoms with van der Waals surface area (Å²) in [6, 6.07) is 0.662. The quantitative estimate of drug-likeness (QED) is 0.601. The second-order valence-electron chi connectivity index (χ2n) is 6.25. The lowest BCUT2D eigenvalue weighted by Gasteiger charge is -2.23. The molecule has 0 aromatic carbocycles. The average Bonchev–Trinajstić information content (AvgIpc) is 3.03. The minimum atomic E-state index is 0.354. The molecule has 2 N–H and O–H groups in total. The summed E-state index contributed by atoms with van der Waals surface area (Å²) in [7, 11) is 2.22. The number of likely N-dealkylation sites (N-methyl/N-ethyl adjacent to an activating group) is 1. The van der Waals surface area contributed by atoms with E-state index in [2.05, 4.69) is 48.2 Å². The van der Waals surface area contributed by atoms with Crippen molar-refractivity contribution < 1.29 is 0 Å².